The lowest BCUT2D eigenvalue weighted by Crippen LogP contribution is -2.65. The van der Waals surface area contributed by atoms with Crippen molar-refractivity contribution in [1.29, 1.82) is 0 Å². The molecule has 0 aliphatic heterocycles. The van der Waals surface area contributed by atoms with E-state index in [0.717, 1.165) is 40.4 Å². The Labute approximate surface area is 373 Å². The fourth-order valence-electron chi connectivity index (χ4n) is 8.05. The van der Waals surface area contributed by atoms with Gasteiger partial charge in [0.25, 0.3) is 0 Å². The molecule has 1 heterocycles. The number of H-pyrrole nitrogens is 1. The summed E-state index contributed by atoms with van der Waals surface area (Å²) in [7, 11) is 0. The SMILES string of the molecule is CCCCNC(=O)NC1(C(=O)N[C@H](Cc2ccccc2)C(=O)N[C@@H](CCCN=C(N)N)C(=O)N[C@@H](Cc2c[nH]c3ccccc23)C(=O)NCCC(N)=O)CCC(c2ccccc2)CC1. The van der Waals surface area contributed by atoms with Crippen molar-refractivity contribution in [1.82, 2.24) is 36.9 Å². The Morgan fingerprint density at radius 2 is 1.38 bits per heavy atom. The highest BCUT2D eigenvalue weighted by Crippen LogP contribution is 2.38. The molecule has 1 aliphatic rings. The zero-order valence-corrected chi connectivity index (χ0v) is 36.5. The van der Waals surface area contributed by atoms with Crippen LogP contribution in [0.1, 0.15) is 87.3 Å². The van der Waals surface area contributed by atoms with Gasteiger partial charge in [0.05, 0.1) is 0 Å². The third kappa shape index (κ3) is 14.3. The number of hydrogen-bond donors (Lipinski definition) is 10. The molecule has 1 aliphatic carbocycles. The van der Waals surface area contributed by atoms with Gasteiger partial charge in [-0.05, 0) is 73.6 Å². The Bertz CT molecular complexity index is 2200. The molecule has 0 bridgehead atoms. The second-order valence-electron chi connectivity index (χ2n) is 16.4. The van der Waals surface area contributed by atoms with Gasteiger partial charge in [0.15, 0.2) is 5.96 Å². The van der Waals surface area contributed by atoms with Crippen LogP contribution in [0.3, 0.4) is 0 Å². The van der Waals surface area contributed by atoms with Crippen LogP contribution < -0.4 is 49.1 Å². The average molecular weight is 878 g/mol. The van der Waals surface area contributed by atoms with Crippen molar-refractivity contribution in [2.24, 2.45) is 22.2 Å². The first-order valence-electron chi connectivity index (χ1n) is 22.1. The molecular formula is C47H63N11O6. The van der Waals surface area contributed by atoms with E-state index in [9.17, 15) is 28.8 Å². The normalized spacial score (nSPS) is 17.2. The number of aliphatic imine (C=N–C) groups is 1. The smallest absolute Gasteiger partial charge is 0.315 e. The maximum absolute atomic E-state index is 14.7. The Morgan fingerprint density at radius 3 is 2.06 bits per heavy atom. The minimum atomic E-state index is -1.33. The van der Waals surface area contributed by atoms with Crippen LogP contribution in [0.15, 0.2) is 96.1 Å². The molecular weight excluding hydrogens is 815 g/mol. The minimum Gasteiger partial charge on any atom is -0.370 e. The predicted molar refractivity (Wildman–Crippen MR) is 246 cm³/mol. The number of hydrogen-bond acceptors (Lipinski definition) is 7. The summed E-state index contributed by atoms with van der Waals surface area (Å²) >= 11 is 0. The molecule has 0 radical (unpaired) electrons. The zero-order valence-electron chi connectivity index (χ0n) is 36.5. The molecule has 342 valence electrons. The van der Waals surface area contributed by atoms with E-state index in [1.807, 2.05) is 79.7 Å². The van der Waals surface area contributed by atoms with E-state index in [-0.39, 0.29) is 57.1 Å². The molecule has 64 heavy (non-hydrogen) atoms. The van der Waals surface area contributed by atoms with E-state index in [2.05, 4.69) is 54.0 Å². The topological polar surface area (TPSA) is 281 Å². The number of nitrogens with two attached hydrogens (primary N) is 3. The first kappa shape index (κ1) is 48.1. The molecule has 3 atom stereocenters. The number of fused-ring (bicyclic) bond motifs is 1. The summed E-state index contributed by atoms with van der Waals surface area (Å²) in [6.45, 7) is 2.56. The van der Waals surface area contributed by atoms with Crippen LogP contribution in [0.25, 0.3) is 10.9 Å². The highest BCUT2D eigenvalue weighted by molar-refractivity contribution is 5.97. The van der Waals surface area contributed by atoms with Crippen molar-refractivity contribution in [3.63, 3.8) is 0 Å². The van der Waals surface area contributed by atoms with Crippen molar-refractivity contribution in [3.8, 4) is 0 Å². The lowest BCUT2D eigenvalue weighted by atomic mass is 9.73. The van der Waals surface area contributed by atoms with Crippen LogP contribution in [-0.4, -0.2) is 89.8 Å². The number of para-hydroxylation sites is 1. The van der Waals surface area contributed by atoms with Gasteiger partial charge in [0, 0.05) is 56.0 Å². The fraction of sp³-hybridized carbons (Fsp3) is 0.426. The molecule has 1 saturated carbocycles. The molecule has 13 N–H and O–H groups in total. The highest BCUT2D eigenvalue weighted by Gasteiger charge is 2.45. The summed E-state index contributed by atoms with van der Waals surface area (Å²) in [6, 6.07) is 22.7. The number of amides is 7. The molecule has 1 fully saturated rings. The van der Waals surface area contributed by atoms with E-state index in [1.54, 1.807) is 6.20 Å². The van der Waals surface area contributed by atoms with Crippen LogP contribution in [0.2, 0.25) is 0 Å². The van der Waals surface area contributed by atoms with E-state index >= 15 is 0 Å². The van der Waals surface area contributed by atoms with Gasteiger partial charge in [0.1, 0.15) is 23.7 Å². The van der Waals surface area contributed by atoms with Gasteiger partial charge in [-0.15, -0.1) is 0 Å². The number of carbonyl (C=O) groups is 6. The molecule has 0 spiro atoms. The molecule has 0 unspecified atom stereocenters. The molecule has 17 heteroatoms. The fourth-order valence-corrected chi connectivity index (χ4v) is 8.05. The van der Waals surface area contributed by atoms with Crippen molar-refractivity contribution >= 4 is 52.4 Å². The number of unbranched alkanes of at least 4 members (excludes halogenated alkanes) is 1. The van der Waals surface area contributed by atoms with Crippen molar-refractivity contribution in [2.75, 3.05) is 19.6 Å². The van der Waals surface area contributed by atoms with Gasteiger partial charge in [-0.2, -0.15) is 0 Å². The van der Waals surface area contributed by atoms with E-state index in [1.165, 1.54) is 0 Å². The van der Waals surface area contributed by atoms with Gasteiger partial charge < -0.3 is 54.1 Å². The number of primary amides is 1. The number of urea groups is 1. The average Bonchev–Trinajstić information content (AvgIpc) is 3.70. The molecule has 17 nitrogen and oxygen atoms in total. The molecule has 1 aromatic heterocycles. The predicted octanol–water partition coefficient (Wildman–Crippen LogP) is 2.65. The van der Waals surface area contributed by atoms with Crippen LogP contribution in [-0.2, 0) is 36.8 Å². The van der Waals surface area contributed by atoms with Crippen molar-refractivity contribution in [2.45, 2.75) is 107 Å². The van der Waals surface area contributed by atoms with E-state index in [0.29, 0.717) is 32.2 Å². The minimum absolute atomic E-state index is 0.0440. The van der Waals surface area contributed by atoms with Gasteiger partial charge in [-0.3, -0.25) is 29.0 Å². The van der Waals surface area contributed by atoms with Crippen LogP contribution in [0.4, 0.5) is 4.79 Å². The van der Waals surface area contributed by atoms with Gasteiger partial charge in [0.2, 0.25) is 29.5 Å². The summed E-state index contributed by atoms with van der Waals surface area (Å²) < 4.78 is 0. The summed E-state index contributed by atoms with van der Waals surface area (Å²) in [6.07, 6.45) is 5.68. The van der Waals surface area contributed by atoms with E-state index < -0.39 is 59.2 Å². The Kier molecular flexibility index (Phi) is 18.1. The van der Waals surface area contributed by atoms with Crippen molar-refractivity contribution in [3.05, 3.63) is 108 Å². The quantitative estimate of drug-likeness (QED) is 0.0300. The highest BCUT2D eigenvalue weighted by atomic mass is 16.2. The third-order valence-electron chi connectivity index (χ3n) is 11.6. The molecule has 7 amide bonds. The monoisotopic (exact) mass is 877 g/mol. The third-order valence-corrected chi connectivity index (χ3v) is 11.6. The van der Waals surface area contributed by atoms with Crippen LogP contribution >= 0.6 is 0 Å². The Hall–Kier alpha value is -6.91. The number of aromatic nitrogens is 1. The number of rotatable bonds is 23. The number of nitrogens with one attached hydrogen (secondary N) is 7. The second kappa shape index (κ2) is 24.1. The molecule has 5 rings (SSSR count). The first-order chi connectivity index (χ1) is 30.9. The number of guanidine groups is 1. The molecule has 0 saturated heterocycles. The lowest BCUT2D eigenvalue weighted by Gasteiger charge is -2.40. The Morgan fingerprint density at radius 1 is 0.734 bits per heavy atom. The molecule has 3 aromatic carbocycles. The maximum Gasteiger partial charge on any atom is 0.315 e. The van der Waals surface area contributed by atoms with Crippen LogP contribution in [0, 0.1) is 0 Å². The summed E-state index contributed by atoms with van der Waals surface area (Å²) in [5, 5.41) is 18.1. The van der Waals surface area contributed by atoms with Crippen LogP contribution in [0.5, 0.6) is 0 Å². The number of aromatic amines is 1. The summed E-state index contributed by atoms with van der Waals surface area (Å²) in [4.78, 5) is 89.3. The summed E-state index contributed by atoms with van der Waals surface area (Å²) in [5.41, 5.74) is 18.6. The van der Waals surface area contributed by atoms with Crippen molar-refractivity contribution < 1.29 is 28.8 Å². The van der Waals surface area contributed by atoms with Gasteiger partial charge in [-0.1, -0.05) is 92.2 Å². The van der Waals surface area contributed by atoms with E-state index in [4.69, 9.17) is 17.2 Å². The first-order valence-corrected chi connectivity index (χ1v) is 22.1. The summed E-state index contributed by atoms with van der Waals surface area (Å²) in [5.74, 6) is -2.95. The maximum atomic E-state index is 14.7. The molecule has 4 aromatic rings. The number of carbonyl (C=O) groups excluding carboxylic acids is 6. The van der Waals surface area contributed by atoms with Gasteiger partial charge in [-0.25, -0.2) is 4.79 Å². The number of benzene rings is 3. The Balaban J connectivity index is 1.41. The lowest BCUT2D eigenvalue weighted by molar-refractivity contribution is -0.135. The standard InChI is InChI=1S/C47H63N11O6/c1-2-3-25-53-46(64)58-47(23-20-33(21-24-47)32-15-8-5-9-16-32)44(63)57-38(28-31-13-6-4-7-14-31)43(62)55-37(19-12-26-52-45(49)50)42(61)56-39(41(60)51-27-22-40(48)59)29-34-30-54-36-18-11-10-17-35(34)36/h4-11,13-18,30,33,37-39,54H,2-3,12,19-29H2,1H3,(H2,48,59)(H,51,60)(H,55,62)(H,56,61)(H,57,63)(H4,49,50,52)(H2,53,58,64)/t33?,37-,38+,39-,47?/m0/s1. The second-order valence-corrected chi connectivity index (χ2v) is 16.4. The zero-order chi connectivity index (χ0) is 45.9. The number of nitrogens with zero attached hydrogens (tertiary/aromatic N) is 1. The van der Waals surface area contributed by atoms with Gasteiger partial charge >= 0.3 is 6.03 Å². The largest absolute Gasteiger partial charge is 0.370 e.